The predicted molar refractivity (Wildman–Crippen MR) is 9.16 cm³/mol. The van der Waals surface area contributed by atoms with Gasteiger partial charge in [-0.05, 0) is 0 Å². The van der Waals surface area contributed by atoms with Crippen LogP contribution in [0.2, 0.25) is 0 Å². The van der Waals surface area contributed by atoms with Crippen molar-refractivity contribution in [2.24, 2.45) is 0 Å². The van der Waals surface area contributed by atoms with Crippen LogP contribution in [0.3, 0.4) is 0 Å². The summed E-state index contributed by atoms with van der Waals surface area (Å²) in [4.78, 5) is 0. The summed E-state index contributed by atoms with van der Waals surface area (Å²) < 4.78 is 0. The van der Waals surface area contributed by atoms with E-state index in [1.807, 2.05) is 0 Å². The van der Waals surface area contributed by atoms with E-state index in [0.29, 0.717) is 0 Å². The fraction of sp³-hybridized carbons (Fsp3) is 0. The summed E-state index contributed by atoms with van der Waals surface area (Å²) in [6, 6.07) is 0. The fourth-order valence-electron chi connectivity index (χ4n) is 0. The number of halogens is 1. The average molecular weight is 140 g/mol. The molecule has 0 saturated heterocycles. The van der Waals surface area contributed by atoms with Gasteiger partial charge in [0.15, 0.2) is 0 Å². The molecule has 3 nitrogen and oxygen atoms in total. The summed E-state index contributed by atoms with van der Waals surface area (Å²) in [7, 11) is 0. The summed E-state index contributed by atoms with van der Waals surface area (Å²) >= 11 is 0. The molecular formula is H5ClCrO3-2. The van der Waals surface area contributed by atoms with Crippen LogP contribution in [-0.4, -0.2) is 16.4 Å². The fourth-order valence-corrected chi connectivity index (χ4v) is 0. The van der Waals surface area contributed by atoms with Gasteiger partial charge in [0, 0.05) is 17.4 Å². The maximum absolute atomic E-state index is 0. The van der Waals surface area contributed by atoms with Gasteiger partial charge in [-0.2, -0.15) is 0 Å². The van der Waals surface area contributed by atoms with Crippen molar-refractivity contribution < 1.29 is 46.2 Å². The van der Waals surface area contributed by atoms with E-state index in [9.17, 15) is 0 Å². The monoisotopic (exact) mass is 140 g/mol. The Balaban J connectivity index is 0. The van der Waals surface area contributed by atoms with Crippen LogP contribution in [0.25, 0.3) is 0 Å². The van der Waals surface area contributed by atoms with Gasteiger partial charge in [0.05, 0.1) is 0 Å². The van der Waals surface area contributed by atoms with Crippen LogP contribution in [0.4, 0.5) is 0 Å². The van der Waals surface area contributed by atoms with Crippen LogP contribution in [0, 0.1) is 0 Å². The normalized spacial score (nSPS) is 0. The van der Waals surface area contributed by atoms with E-state index in [2.05, 4.69) is 0 Å². The first-order chi connectivity index (χ1) is 0. The molecule has 5 heteroatoms. The van der Waals surface area contributed by atoms with Crippen LogP contribution < -0.4 is 12.4 Å². The molecule has 0 bridgehead atoms. The molecule has 0 aliphatic heterocycles. The van der Waals surface area contributed by atoms with Crippen molar-refractivity contribution in [3.63, 3.8) is 0 Å². The predicted octanol–water partition coefficient (Wildman–Crippen LogP) is -4.82. The topological polar surface area (TPSA) is 93.0 Å². The maximum Gasteiger partial charge on any atom is 0 e. The average Bonchev–Trinajstić information content (AvgIpc) is 0. The Morgan fingerprint density at radius 1 is 0.800 bits per heavy atom. The number of hydrogen-bond acceptors (Lipinski definition) is 1. The van der Waals surface area contributed by atoms with Gasteiger partial charge >= 0.3 is 0 Å². The second kappa shape index (κ2) is 131. The van der Waals surface area contributed by atoms with Crippen molar-refractivity contribution in [2.45, 2.75) is 0 Å². The largest absolute Gasteiger partial charge is 1.00 e. The molecule has 38 valence electrons. The summed E-state index contributed by atoms with van der Waals surface area (Å²) in [5, 5.41) is 0. The van der Waals surface area contributed by atoms with E-state index >= 15 is 0 Å². The first-order valence-electron chi connectivity index (χ1n) is 0. The van der Waals surface area contributed by atoms with E-state index in [0.717, 1.165) is 0 Å². The number of rotatable bonds is 0. The molecule has 5 N–H and O–H groups in total. The van der Waals surface area contributed by atoms with Gasteiger partial charge in [-0.15, -0.1) is 0 Å². The van der Waals surface area contributed by atoms with E-state index in [-0.39, 0.29) is 46.2 Å². The van der Waals surface area contributed by atoms with Gasteiger partial charge in [-0.3, -0.25) is 0 Å². The van der Waals surface area contributed by atoms with Gasteiger partial charge in [-0.1, -0.05) is 0 Å². The van der Waals surface area contributed by atoms with Crippen molar-refractivity contribution in [1.29, 1.82) is 0 Å². The van der Waals surface area contributed by atoms with E-state index in [1.165, 1.54) is 0 Å². The Kier molecular flexibility index (Phi) is 6680. The zero-order valence-corrected chi connectivity index (χ0v) is 4.26. The van der Waals surface area contributed by atoms with E-state index in [1.54, 1.807) is 0 Å². The van der Waals surface area contributed by atoms with Gasteiger partial charge in [-0.25, -0.2) is 0 Å². The molecule has 0 aromatic rings. The molecule has 0 radical (unpaired) electrons. The van der Waals surface area contributed by atoms with Gasteiger partial charge in [0.25, 0.3) is 0 Å². The van der Waals surface area contributed by atoms with E-state index in [4.69, 9.17) is 0 Å². The van der Waals surface area contributed by atoms with Crippen LogP contribution in [0.15, 0.2) is 0 Å². The van der Waals surface area contributed by atoms with Gasteiger partial charge in [0.1, 0.15) is 0 Å². The Morgan fingerprint density at radius 3 is 0.800 bits per heavy atom. The molecular weight excluding hydrogens is 135 g/mol. The van der Waals surface area contributed by atoms with Crippen molar-refractivity contribution in [1.82, 2.24) is 0 Å². The SMILES string of the molecule is O.O.[Cl-].[Cr].[OH-]. The molecule has 0 aromatic carbocycles. The van der Waals surface area contributed by atoms with Crippen molar-refractivity contribution in [3.05, 3.63) is 0 Å². The van der Waals surface area contributed by atoms with E-state index < -0.39 is 0 Å². The Morgan fingerprint density at radius 2 is 0.800 bits per heavy atom. The molecule has 0 unspecified atom stereocenters. The standard InChI is InChI=1S/ClH.Cr.3H2O/h1H;;3*1H2/p-2. The zero-order valence-electron chi connectivity index (χ0n) is 2.23. The minimum Gasteiger partial charge on any atom is -1.00 e. The van der Waals surface area contributed by atoms with Gasteiger partial charge in [0.2, 0.25) is 0 Å². The van der Waals surface area contributed by atoms with Crippen LogP contribution in [0.1, 0.15) is 0 Å². The molecule has 0 atom stereocenters. The molecule has 0 aliphatic rings. The van der Waals surface area contributed by atoms with Crippen molar-refractivity contribution in [3.8, 4) is 0 Å². The molecule has 0 fully saturated rings. The summed E-state index contributed by atoms with van der Waals surface area (Å²) in [5.74, 6) is 0. The molecule has 0 aromatic heterocycles. The smallest absolute Gasteiger partial charge is 0 e. The number of hydrogen-bond donors (Lipinski definition) is 0. The van der Waals surface area contributed by atoms with Crippen molar-refractivity contribution in [2.75, 3.05) is 0 Å². The zero-order chi connectivity index (χ0) is 0. The first kappa shape index (κ1) is 256. The van der Waals surface area contributed by atoms with Crippen LogP contribution in [0.5, 0.6) is 0 Å². The Labute approximate surface area is 46.8 Å². The molecule has 0 saturated carbocycles. The molecule has 5 heavy (non-hydrogen) atoms. The third-order valence-electron chi connectivity index (χ3n) is 0. The van der Waals surface area contributed by atoms with Crippen LogP contribution >= 0.6 is 0 Å². The Bertz CT molecular complexity index is 6.85. The van der Waals surface area contributed by atoms with Gasteiger partial charge < -0.3 is 28.8 Å². The second-order valence-corrected chi connectivity index (χ2v) is 0. The minimum atomic E-state index is 0. The summed E-state index contributed by atoms with van der Waals surface area (Å²) in [5.41, 5.74) is 0. The quantitative estimate of drug-likeness (QED) is 0.332. The molecule has 0 heterocycles. The molecule has 0 amide bonds. The first-order valence-corrected chi connectivity index (χ1v) is 0. The summed E-state index contributed by atoms with van der Waals surface area (Å²) in [6.45, 7) is 0. The molecule has 0 spiro atoms. The van der Waals surface area contributed by atoms with Crippen molar-refractivity contribution >= 4 is 0 Å². The maximum atomic E-state index is 0. The second-order valence-electron chi connectivity index (χ2n) is 0. The summed E-state index contributed by atoms with van der Waals surface area (Å²) in [6.07, 6.45) is 0. The third-order valence-corrected chi connectivity index (χ3v) is 0. The van der Waals surface area contributed by atoms with Crippen LogP contribution in [-0.2, 0) is 17.4 Å². The molecule has 0 aliphatic carbocycles. The Hall–Kier alpha value is 0.702. The third kappa shape index (κ3) is 69.6. The molecule has 0 rings (SSSR count). The minimum absolute atomic E-state index is 0.